The Labute approximate surface area is 412 Å². The summed E-state index contributed by atoms with van der Waals surface area (Å²) in [5.74, 6) is -0.266. The second-order valence-corrected chi connectivity index (χ2v) is 19.4. The fourth-order valence-corrected chi connectivity index (χ4v) is 9.74. The Morgan fingerprint density at radius 3 is 1.70 bits per heavy atom. The van der Waals surface area contributed by atoms with E-state index in [0.29, 0.717) is 112 Å². The lowest BCUT2D eigenvalue weighted by Crippen LogP contribution is -2.51. The summed E-state index contributed by atoms with van der Waals surface area (Å²) < 4.78 is 1.89. The molecule has 4 amide bonds. The van der Waals surface area contributed by atoms with Crippen LogP contribution < -0.4 is 10.6 Å². The maximum absolute atomic E-state index is 13.7. The van der Waals surface area contributed by atoms with Gasteiger partial charge in [-0.2, -0.15) is 0 Å². The summed E-state index contributed by atoms with van der Waals surface area (Å²) in [6.45, 7) is 7.41. The van der Waals surface area contributed by atoms with Gasteiger partial charge in [-0.25, -0.2) is 0 Å². The fraction of sp³-hybridized carbons (Fsp3) is 0.294. The van der Waals surface area contributed by atoms with Crippen molar-refractivity contribution >= 4 is 113 Å². The predicted molar refractivity (Wildman–Crippen MR) is 272 cm³/mol. The van der Waals surface area contributed by atoms with E-state index in [1.54, 1.807) is 0 Å². The first-order valence-corrected chi connectivity index (χ1v) is 24.6. The van der Waals surface area contributed by atoms with Crippen LogP contribution in [0.25, 0.3) is 34.7 Å². The van der Waals surface area contributed by atoms with Crippen LogP contribution in [0.2, 0.25) is 10.0 Å². The molecule has 66 heavy (non-hydrogen) atoms. The van der Waals surface area contributed by atoms with Crippen molar-refractivity contribution in [2.45, 2.75) is 19.3 Å². The third-order valence-corrected chi connectivity index (χ3v) is 13.9. The lowest BCUT2D eigenvalue weighted by Gasteiger charge is -2.36. The first-order valence-electron chi connectivity index (χ1n) is 22.2. The van der Waals surface area contributed by atoms with E-state index in [1.165, 1.54) is 0 Å². The molecular weight excluding hydrogens is 1010 g/mol. The van der Waals surface area contributed by atoms with Gasteiger partial charge in [-0.15, -0.1) is 0 Å². The lowest BCUT2D eigenvalue weighted by atomic mass is 10.0. The molecule has 0 radical (unpaired) electrons. The molecule has 0 spiro atoms. The van der Waals surface area contributed by atoms with Crippen LogP contribution in [0.1, 0.15) is 51.1 Å². The van der Waals surface area contributed by atoms with E-state index in [2.05, 4.69) is 63.3 Å². The van der Waals surface area contributed by atoms with Crippen LogP contribution in [0.15, 0.2) is 106 Å². The maximum Gasteiger partial charge on any atom is 0.254 e. The second kappa shape index (κ2) is 22.2. The SMILES string of the molecule is O=C(NCCN1CCN(C(=O)CCC(=O)N2CCN(CCNC(=O)c3c(/C=C/c4ccc(Cl)cc4)[nH]c4cc(Br)ccc34)CC2)CC1)C1=C(/C=C/c2ccc(Cl)cc2)Cc2cc(Br)ccc21. The van der Waals surface area contributed by atoms with Crippen molar-refractivity contribution in [3.8, 4) is 0 Å². The quantitative estimate of drug-likeness (QED) is 0.0965. The summed E-state index contributed by atoms with van der Waals surface area (Å²) in [5.41, 5.74) is 7.85. The number of hydrogen-bond acceptors (Lipinski definition) is 6. The van der Waals surface area contributed by atoms with Crippen LogP contribution in [-0.2, 0) is 20.8 Å². The highest BCUT2D eigenvalue weighted by molar-refractivity contribution is 9.10. The number of nitrogens with zero attached hydrogens (tertiary/aromatic N) is 4. The molecule has 3 N–H and O–H groups in total. The monoisotopic (exact) mass is 1050 g/mol. The number of carbonyl (C=O) groups excluding carboxylic acids is 4. The van der Waals surface area contributed by atoms with Gasteiger partial charge in [0.15, 0.2) is 0 Å². The maximum atomic E-state index is 13.7. The molecule has 15 heteroatoms. The molecule has 0 saturated carbocycles. The van der Waals surface area contributed by atoms with Gasteiger partial charge in [0.05, 0.1) is 16.8 Å². The Kier molecular flexibility index (Phi) is 16.0. The molecule has 11 nitrogen and oxygen atoms in total. The second-order valence-electron chi connectivity index (χ2n) is 16.7. The highest BCUT2D eigenvalue weighted by atomic mass is 79.9. The number of fused-ring (bicyclic) bond motifs is 2. The minimum Gasteiger partial charge on any atom is -0.354 e. The molecule has 0 unspecified atom stereocenters. The highest BCUT2D eigenvalue weighted by Crippen LogP contribution is 2.36. The smallest absolute Gasteiger partial charge is 0.254 e. The van der Waals surface area contributed by atoms with Gasteiger partial charge in [0.2, 0.25) is 11.8 Å². The summed E-state index contributed by atoms with van der Waals surface area (Å²) in [4.78, 5) is 65.2. The van der Waals surface area contributed by atoms with Crippen LogP contribution in [0.5, 0.6) is 0 Å². The number of H-pyrrole nitrogens is 1. The third kappa shape index (κ3) is 12.1. The zero-order chi connectivity index (χ0) is 46.2. The van der Waals surface area contributed by atoms with E-state index in [1.807, 2.05) is 113 Å². The van der Waals surface area contributed by atoms with Crippen molar-refractivity contribution in [1.29, 1.82) is 0 Å². The molecule has 8 rings (SSSR count). The summed E-state index contributed by atoms with van der Waals surface area (Å²) in [6.07, 6.45) is 8.93. The van der Waals surface area contributed by atoms with Gasteiger partial charge < -0.3 is 25.4 Å². The molecule has 1 aromatic heterocycles. The molecular formula is C51H51Br2Cl2N7O4. The molecule has 3 aliphatic rings. The van der Waals surface area contributed by atoms with Gasteiger partial charge in [0, 0.05) is 121 Å². The number of allylic oxidation sites excluding steroid dienone is 2. The van der Waals surface area contributed by atoms with Crippen LogP contribution in [-0.4, -0.2) is 127 Å². The number of benzene rings is 4. The third-order valence-electron chi connectivity index (χ3n) is 12.4. The highest BCUT2D eigenvalue weighted by Gasteiger charge is 2.28. The number of carbonyl (C=O) groups is 4. The zero-order valence-electron chi connectivity index (χ0n) is 36.4. The zero-order valence-corrected chi connectivity index (χ0v) is 41.1. The van der Waals surface area contributed by atoms with E-state index in [9.17, 15) is 19.2 Å². The van der Waals surface area contributed by atoms with Crippen molar-refractivity contribution in [3.63, 3.8) is 0 Å². The number of aromatic nitrogens is 1. The van der Waals surface area contributed by atoms with Crippen LogP contribution in [0, 0.1) is 0 Å². The van der Waals surface area contributed by atoms with E-state index in [0.717, 1.165) is 47.7 Å². The molecule has 2 aliphatic heterocycles. The molecule has 4 aromatic carbocycles. The fourth-order valence-electron chi connectivity index (χ4n) is 8.72. The number of hydrogen-bond donors (Lipinski definition) is 3. The van der Waals surface area contributed by atoms with Gasteiger partial charge in [-0.05, 0) is 88.9 Å². The van der Waals surface area contributed by atoms with E-state index < -0.39 is 0 Å². The summed E-state index contributed by atoms with van der Waals surface area (Å²) >= 11 is 19.2. The Hall–Kier alpha value is -5.02. The average Bonchev–Trinajstić information content (AvgIpc) is 3.87. The minimum absolute atomic E-state index is 0.00481. The minimum atomic E-state index is -0.157. The standard InChI is InChI=1S/C51H51Br2Cl2N7O4/c52-38-8-14-42-37(32-38)31-36(7-1-34-2-10-40(54)11-3-34)48(42)50(65)56-19-21-59-23-27-61(28-24-59)46(63)17-18-47(64)62-29-25-60(26-30-62)22-20-57-51(66)49-43-15-9-39(53)33-45(43)58-44(49)16-6-35-4-12-41(55)13-5-35/h1-16,32-33,58H,17-31H2,(H,56,65)(H,57,66)/b7-1+,16-6+. The molecule has 2 fully saturated rings. The molecule has 342 valence electrons. The molecule has 2 saturated heterocycles. The first-order chi connectivity index (χ1) is 32.0. The van der Waals surface area contributed by atoms with Crippen LogP contribution in [0.3, 0.4) is 0 Å². The van der Waals surface area contributed by atoms with Crippen molar-refractivity contribution in [2.75, 3.05) is 78.5 Å². The predicted octanol–water partition coefficient (Wildman–Crippen LogP) is 8.81. The summed E-state index contributed by atoms with van der Waals surface area (Å²) in [7, 11) is 0. The van der Waals surface area contributed by atoms with Gasteiger partial charge in [-0.1, -0.05) is 110 Å². The van der Waals surface area contributed by atoms with E-state index >= 15 is 0 Å². The summed E-state index contributed by atoms with van der Waals surface area (Å²) in [5, 5.41) is 8.44. The Morgan fingerprint density at radius 2 is 1.12 bits per heavy atom. The number of rotatable bonds is 15. The molecule has 1 aliphatic carbocycles. The van der Waals surface area contributed by atoms with E-state index in [4.69, 9.17) is 23.2 Å². The van der Waals surface area contributed by atoms with Crippen LogP contribution >= 0.6 is 55.1 Å². The molecule has 5 aromatic rings. The average molecular weight is 1060 g/mol. The first kappa shape index (κ1) is 47.5. The Balaban J connectivity index is 0.735. The molecule has 0 atom stereocenters. The van der Waals surface area contributed by atoms with Crippen molar-refractivity contribution in [2.24, 2.45) is 0 Å². The van der Waals surface area contributed by atoms with Gasteiger partial charge >= 0.3 is 0 Å². The topological polar surface area (TPSA) is 121 Å². The van der Waals surface area contributed by atoms with Gasteiger partial charge in [0.1, 0.15) is 0 Å². The largest absolute Gasteiger partial charge is 0.354 e. The van der Waals surface area contributed by atoms with Gasteiger partial charge in [0.25, 0.3) is 11.8 Å². The van der Waals surface area contributed by atoms with Crippen LogP contribution in [0.4, 0.5) is 0 Å². The Morgan fingerprint density at radius 1 is 0.606 bits per heavy atom. The normalized spacial score (nSPS) is 15.9. The molecule has 3 heterocycles. The van der Waals surface area contributed by atoms with E-state index in [-0.39, 0.29) is 36.5 Å². The number of aromatic amines is 1. The number of nitrogens with one attached hydrogen (secondary N) is 3. The molecule has 0 bridgehead atoms. The number of piperazine rings is 2. The van der Waals surface area contributed by atoms with Crippen molar-refractivity contribution < 1.29 is 19.2 Å². The number of halogens is 4. The summed E-state index contributed by atoms with van der Waals surface area (Å²) in [6, 6.07) is 27.0. The lowest BCUT2D eigenvalue weighted by molar-refractivity contribution is -0.138. The Bertz CT molecular complexity index is 2680. The van der Waals surface area contributed by atoms with Crippen molar-refractivity contribution in [1.82, 2.24) is 35.2 Å². The van der Waals surface area contributed by atoms with Gasteiger partial charge in [-0.3, -0.25) is 29.0 Å². The van der Waals surface area contributed by atoms with Crippen molar-refractivity contribution in [3.05, 3.63) is 149 Å². The number of amides is 4.